The molecule has 0 aliphatic rings. The van der Waals surface area contributed by atoms with E-state index >= 15 is 0 Å². The highest BCUT2D eigenvalue weighted by atomic mass is 16.5. The SMILES string of the molecule is CCCOc1ccn2c(-c3cc(NCc4ccc(C(C=NC)=CN)cc4)ncn3)cnc2c1. The Bertz CT molecular complexity index is 1280. The summed E-state index contributed by atoms with van der Waals surface area (Å²) in [4.78, 5) is 17.3. The molecule has 3 heterocycles. The van der Waals surface area contributed by atoms with E-state index in [2.05, 4.69) is 44.3 Å². The molecule has 0 bridgehead atoms. The molecule has 0 saturated carbocycles. The summed E-state index contributed by atoms with van der Waals surface area (Å²) >= 11 is 0. The number of benzene rings is 1. The zero-order valence-electron chi connectivity index (χ0n) is 18.8. The summed E-state index contributed by atoms with van der Waals surface area (Å²) in [5.74, 6) is 1.55. The van der Waals surface area contributed by atoms with Crippen molar-refractivity contribution in [1.82, 2.24) is 19.4 Å². The summed E-state index contributed by atoms with van der Waals surface area (Å²) in [5.41, 5.74) is 11.2. The second-order valence-electron chi connectivity index (χ2n) is 7.43. The lowest BCUT2D eigenvalue weighted by Gasteiger charge is -2.09. The number of hydrogen-bond donors (Lipinski definition) is 2. The zero-order valence-corrected chi connectivity index (χ0v) is 18.8. The molecule has 0 saturated heterocycles. The first kappa shape index (κ1) is 22.0. The van der Waals surface area contributed by atoms with Gasteiger partial charge in [-0.25, -0.2) is 15.0 Å². The molecule has 0 spiro atoms. The van der Waals surface area contributed by atoms with E-state index in [1.807, 2.05) is 47.1 Å². The molecule has 1 aromatic carbocycles. The van der Waals surface area contributed by atoms with Crippen molar-refractivity contribution in [2.75, 3.05) is 19.0 Å². The highest BCUT2D eigenvalue weighted by Gasteiger charge is 2.10. The Morgan fingerprint density at radius 2 is 2.00 bits per heavy atom. The van der Waals surface area contributed by atoms with E-state index in [4.69, 9.17) is 10.5 Å². The van der Waals surface area contributed by atoms with Crippen LogP contribution in [0.4, 0.5) is 5.82 Å². The normalized spacial score (nSPS) is 11.9. The molecule has 8 heteroatoms. The van der Waals surface area contributed by atoms with Gasteiger partial charge in [0.25, 0.3) is 0 Å². The lowest BCUT2D eigenvalue weighted by molar-refractivity contribution is 0.317. The Morgan fingerprint density at radius 3 is 2.76 bits per heavy atom. The molecule has 3 N–H and O–H groups in total. The third-order valence-electron chi connectivity index (χ3n) is 5.10. The van der Waals surface area contributed by atoms with Crippen molar-refractivity contribution in [3.8, 4) is 17.1 Å². The number of pyridine rings is 1. The second kappa shape index (κ2) is 10.4. The van der Waals surface area contributed by atoms with Crippen molar-refractivity contribution in [3.05, 3.63) is 78.5 Å². The Balaban J connectivity index is 1.47. The Hall–Kier alpha value is -4.20. The average Bonchev–Trinajstić information content (AvgIpc) is 3.29. The van der Waals surface area contributed by atoms with Crippen LogP contribution in [0.3, 0.4) is 0 Å². The maximum Gasteiger partial charge on any atom is 0.140 e. The van der Waals surface area contributed by atoms with E-state index in [1.165, 1.54) is 0 Å². The number of hydrogen-bond acceptors (Lipinski definition) is 7. The van der Waals surface area contributed by atoms with Crippen LogP contribution in [0.5, 0.6) is 5.75 Å². The van der Waals surface area contributed by atoms with Crippen LogP contribution in [0.15, 0.2) is 72.4 Å². The topological polar surface area (TPSA) is 103 Å². The van der Waals surface area contributed by atoms with Crippen LogP contribution in [0.2, 0.25) is 0 Å². The number of ether oxygens (including phenoxy) is 1. The molecule has 0 amide bonds. The summed E-state index contributed by atoms with van der Waals surface area (Å²) in [7, 11) is 1.73. The van der Waals surface area contributed by atoms with Crippen LogP contribution in [-0.4, -0.2) is 39.2 Å². The van der Waals surface area contributed by atoms with Crippen molar-refractivity contribution < 1.29 is 4.74 Å². The number of aliphatic imine (C=N–C) groups is 1. The number of imidazole rings is 1. The number of fused-ring (bicyclic) bond motifs is 1. The van der Waals surface area contributed by atoms with Crippen LogP contribution in [-0.2, 0) is 6.54 Å². The van der Waals surface area contributed by atoms with Crippen LogP contribution < -0.4 is 15.8 Å². The van der Waals surface area contributed by atoms with Gasteiger partial charge in [0.1, 0.15) is 23.5 Å². The van der Waals surface area contributed by atoms with E-state index in [1.54, 1.807) is 25.8 Å². The maximum atomic E-state index is 5.71. The fourth-order valence-corrected chi connectivity index (χ4v) is 3.42. The van der Waals surface area contributed by atoms with Gasteiger partial charge in [-0.05, 0) is 23.6 Å². The fraction of sp³-hybridized carbons (Fsp3) is 0.200. The smallest absolute Gasteiger partial charge is 0.140 e. The monoisotopic (exact) mass is 441 g/mol. The third-order valence-corrected chi connectivity index (χ3v) is 5.10. The number of nitrogens with two attached hydrogens (primary N) is 1. The largest absolute Gasteiger partial charge is 0.493 e. The zero-order chi connectivity index (χ0) is 23.0. The van der Waals surface area contributed by atoms with Crippen molar-refractivity contribution in [2.45, 2.75) is 19.9 Å². The second-order valence-corrected chi connectivity index (χ2v) is 7.43. The molecule has 0 unspecified atom stereocenters. The summed E-state index contributed by atoms with van der Waals surface area (Å²) in [6, 6.07) is 14.0. The van der Waals surface area contributed by atoms with E-state index < -0.39 is 0 Å². The quantitative estimate of drug-likeness (QED) is 0.378. The van der Waals surface area contributed by atoms with Crippen LogP contribution in [0.1, 0.15) is 24.5 Å². The number of nitrogens with zero attached hydrogens (tertiary/aromatic N) is 5. The molecule has 3 aromatic heterocycles. The van der Waals surface area contributed by atoms with Gasteiger partial charge in [-0.15, -0.1) is 0 Å². The molecule has 0 radical (unpaired) electrons. The molecule has 33 heavy (non-hydrogen) atoms. The standard InChI is InChI=1S/C25H27N7O/c1-3-10-33-21-8-9-32-23(16-29-25(32)11-21)22-12-24(31-17-30-22)28-14-18-4-6-19(7-5-18)20(13-26)15-27-2/h4-9,11-13,15-17H,3,10,14,26H2,1-2H3,(H,28,30,31). The third kappa shape index (κ3) is 5.17. The minimum absolute atomic E-state index is 0.631. The van der Waals surface area contributed by atoms with Gasteiger partial charge < -0.3 is 15.8 Å². The molecule has 0 aliphatic carbocycles. The fourth-order valence-electron chi connectivity index (χ4n) is 3.42. The van der Waals surface area contributed by atoms with Gasteiger partial charge in [0.05, 0.1) is 24.2 Å². The number of anilines is 1. The van der Waals surface area contributed by atoms with Gasteiger partial charge in [0.2, 0.25) is 0 Å². The Labute approximate surface area is 192 Å². The molecule has 168 valence electrons. The van der Waals surface area contributed by atoms with Crippen molar-refractivity contribution >= 4 is 23.3 Å². The summed E-state index contributed by atoms with van der Waals surface area (Å²) < 4.78 is 7.70. The van der Waals surface area contributed by atoms with Gasteiger partial charge >= 0.3 is 0 Å². The molecular formula is C25H27N7O. The van der Waals surface area contributed by atoms with E-state index in [0.717, 1.165) is 51.7 Å². The minimum atomic E-state index is 0.631. The van der Waals surface area contributed by atoms with E-state index in [-0.39, 0.29) is 0 Å². The molecule has 8 nitrogen and oxygen atoms in total. The summed E-state index contributed by atoms with van der Waals surface area (Å²) in [6.45, 7) is 3.40. The Kier molecular flexibility index (Phi) is 6.94. The lowest BCUT2D eigenvalue weighted by atomic mass is 10.1. The maximum absolute atomic E-state index is 5.71. The molecule has 0 aliphatic heterocycles. The van der Waals surface area contributed by atoms with Crippen molar-refractivity contribution in [2.24, 2.45) is 10.7 Å². The van der Waals surface area contributed by atoms with E-state index in [9.17, 15) is 0 Å². The average molecular weight is 442 g/mol. The Morgan fingerprint density at radius 1 is 1.15 bits per heavy atom. The predicted octanol–water partition coefficient (Wildman–Crippen LogP) is 4.19. The molecule has 0 fully saturated rings. The summed E-state index contributed by atoms with van der Waals surface area (Å²) in [5, 5.41) is 3.37. The highest BCUT2D eigenvalue weighted by Crippen LogP contribution is 2.23. The van der Waals surface area contributed by atoms with Gasteiger partial charge in [0, 0.05) is 49.9 Å². The van der Waals surface area contributed by atoms with Gasteiger partial charge in [-0.1, -0.05) is 31.2 Å². The number of rotatable bonds is 9. The lowest BCUT2D eigenvalue weighted by Crippen LogP contribution is -2.03. The first-order valence-corrected chi connectivity index (χ1v) is 10.8. The van der Waals surface area contributed by atoms with Crippen molar-refractivity contribution in [1.29, 1.82) is 0 Å². The van der Waals surface area contributed by atoms with Gasteiger partial charge in [-0.3, -0.25) is 9.39 Å². The molecule has 0 atom stereocenters. The first-order valence-electron chi connectivity index (χ1n) is 10.8. The van der Waals surface area contributed by atoms with Crippen LogP contribution >= 0.6 is 0 Å². The van der Waals surface area contributed by atoms with Gasteiger partial charge in [0.15, 0.2) is 0 Å². The van der Waals surface area contributed by atoms with Crippen LogP contribution in [0.25, 0.3) is 22.6 Å². The first-order chi connectivity index (χ1) is 16.2. The minimum Gasteiger partial charge on any atom is -0.493 e. The van der Waals surface area contributed by atoms with Crippen molar-refractivity contribution in [3.63, 3.8) is 0 Å². The predicted molar refractivity (Wildman–Crippen MR) is 132 cm³/mol. The number of allylic oxidation sites excluding steroid dienone is 1. The number of aromatic nitrogens is 4. The summed E-state index contributed by atoms with van der Waals surface area (Å²) in [6.07, 6.45) is 9.59. The van der Waals surface area contributed by atoms with E-state index in [0.29, 0.717) is 13.2 Å². The molecule has 4 aromatic rings. The van der Waals surface area contributed by atoms with Crippen LogP contribution in [0, 0.1) is 0 Å². The van der Waals surface area contributed by atoms with Gasteiger partial charge in [-0.2, -0.15) is 0 Å². The molecule has 4 rings (SSSR count). The number of nitrogens with one attached hydrogen (secondary N) is 1. The molecular weight excluding hydrogens is 414 g/mol. The highest BCUT2D eigenvalue weighted by molar-refractivity contribution is 6.09.